The Kier molecular flexibility index (Phi) is 8.98. The number of benzene rings is 6. The summed E-state index contributed by atoms with van der Waals surface area (Å²) < 4.78 is 0. The van der Waals surface area contributed by atoms with Gasteiger partial charge in [-0.15, -0.1) is 0 Å². The van der Waals surface area contributed by atoms with Gasteiger partial charge in [0.15, 0.2) is 0 Å². The zero-order valence-electron chi connectivity index (χ0n) is 32.3. The molecule has 2 nitrogen and oxygen atoms in total. The van der Waals surface area contributed by atoms with Gasteiger partial charge in [0.05, 0.1) is 0 Å². The molecule has 270 valence electrons. The molecule has 0 amide bonds. The Bertz CT molecular complexity index is 2320. The van der Waals surface area contributed by atoms with E-state index >= 15 is 0 Å². The number of hydrogen-bond acceptors (Lipinski definition) is 2. The summed E-state index contributed by atoms with van der Waals surface area (Å²) in [6.45, 7) is 9.21. The molecule has 2 heterocycles. The molecule has 2 unspecified atom stereocenters. The third-order valence-corrected chi connectivity index (χ3v) is 12.2. The lowest BCUT2D eigenvalue weighted by Gasteiger charge is -2.34. The van der Waals surface area contributed by atoms with Crippen LogP contribution in [0.15, 0.2) is 146 Å². The lowest BCUT2D eigenvalue weighted by molar-refractivity contribution is 0.490. The molecule has 6 aromatic rings. The van der Waals surface area contributed by atoms with Gasteiger partial charge in [-0.1, -0.05) is 160 Å². The molecule has 2 heteroatoms. The second-order valence-corrected chi connectivity index (χ2v) is 15.3. The Morgan fingerprint density at radius 1 is 0.473 bits per heavy atom. The van der Waals surface area contributed by atoms with Crippen molar-refractivity contribution in [1.82, 2.24) is 0 Å². The first-order valence-electron chi connectivity index (χ1n) is 19.9. The maximum atomic E-state index is 2.44. The predicted octanol–water partition coefficient (Wildman–Crippen LogP) is 14.2. The molecule has 0 radical (unpaired) electrons. The summed E-state index contributed by atoms with van der Waals surface area (Å²) in [5.74, 6) is 0. The highest BCUT2D eigenvalue weighted by molar-refractivity contribution is 5.86. The van der Waals surface area contributed by atoms with Crippen LogP contribution in [0.25, 0.3) is 47.6 Å². The van der Waals surface area contributed by atoms with Crippen LogP contribution in [0.2, 0.25) is 0 Å². The quantitative estimate of drug-likeness (QED) is 0.145. The van der Waals surface area contributed by atoms with Crippen LogP contribution in [0.5, 0.6) is 0 Å². The number of para-hydroxylation sites is 2. The topological polar surface area (TPSA) is 6.48 Å². The summed E-state index contributed by atoms with van der Waals surface area (Å²) in [5, 5.41) is 0. The van der Waals surface area contributed by atoms with E-state index < -0.39 is 0 Å². The molecule has 6 aromatic carbocycles. The Morgan fingerprint density at radius 2 is 0.855 bits per heavy atom. The van der Waals surface area contributed by atoms with Crippen molar-refractivity contribution in [2.45, 2.75) is 58.0 Å². The third kappa shape index (κ3) is 6.16. The van der Waals surface area contributed by atoms with Gasteiger partial charge in [0, 0.05) is 40.2 Å². The number of rotatable bonds is 8. The maximum Gasteiger partial charge on any atom is 0.0497 e. The number of nitrogens with zero attached hydrogens (tertiary/aromatic N) is 2. The van der Waals surface area contributed by atoms with Gasteiger partial charge in [-0.3, -0.25) is 0 Å². The average molecular weight is 713 g/mol. The molecule has 2 atom stereocenters. The molecular formula is C53H48N2. The van der Waals surface area contributed by atoms with E-state index in [4.69, 9.17) is 0 Å². The van der Waals surface area contributed by atoms with Crippen LogP contribution in [0.4, 0.5) is 22.7 Å². The minimum absolute atomic E-state index is 0.00654. The van der Waals surface area contributed by atoms with E-state index in [-0.39, 0.29) is 5.41 Å². The molecule has 0 saturated carbocycles. The van der Waals surface area contributed by atoms with Crippen molar-refractivity contribution >= 4 is 59.2 Å². The van der Waals surface area contributed by atoms with Gasteiger partial charge in [0.1, 0.15) is 0 Å². The van der Waals surface area contributed by atoms with Crippen LogP contribution in [-0.4, -0.2) is 12.1 Å². The van der Waals surface area contributed by atoms with Crippen LogP contribution < -0.4 is 9.80 Å². The lowest BCUT2D eigenvalue weighted by Crippen LogP contribution is -2.29. The summed E-state index contributed by atoms with van der Waals surface area (Å²) in [7, 11) is 0. The van der Waals surface area contributed by atoms with E-state index in [1.165, 1.54) is 78.4 Å². The highest BCUT2D eigenvalue weighted by Gasteiger charge is 2.40. The van der Waals surface area contributed by atoms with Crippen LogP contribution in [0.1, 0.15) is 85.0 Å². The molecule has 9 rings (SSSR count). The fourth-order valence-electron chi connectivity index (χ4n) is 9.17. The summed E-state index contributed by atoms with van der Waals surface area (Å²) in [5.41, 5.74) is 18.0. The molecule has 0 fully saturated rings. The summed E-state index contributed by atoms with van der Waals surface area (Å²) in [6, 6.07) is 50.0. The molecule has 0 aromatic heterocycles. The second-order valence-electron chi connectivity index (χ2n) is 15.3. The first-order valence-corrected chi connectivity index (χ1v) is 19.9. The van der Waals surface area contributed by atoms with Gasteiger partial charge in [0.25, 0.3) is 0 Å². The van der Waals surface area contributed by atoms with Crippen molar-refractivity contribution in [3.63, 3.8) is 0 Å². The van der Waals surface area contributed by atoms with Crippen molar-refractivity contribution in [3.05, 3.63) is 190 Å². The first-order chi connectivity index (χ1) is 27.0. The van der Waals surface area contributed by atoms with Crippen molar-refractivity contribution < 1.29 is 0 Å². The Balaban J connectivity index is 0.936. The Morgan fingerprint density at radius 3 is 1.27 bits per heavy atom. The van der Waals surface area contributed by atoms with Gasteiger partial charge in [-0.25, -0.2) is 0 Å². The van der Waals surface area contributed by atoms with Gasteiger partial charge in [-0.05, 0) is 119 Å². The molecule has 0 spiro atoms. The molecule has 3 aliphatic rings. The van der Waals surface area contributed by atoms with Gasteiger partial charge in [0.2, 0.25) is 0 Å². The lowest BCUT2D eigenvalue weighted by atomic mass is 9.73. The first kappa shape index (κ1) is 34.6. The van der Waals surface area contributed by atoms with Crippen LogP contribution in [0.3, 0.4) is 0 Å². The number of anilines is 4. The van der Waals surface area contributed by atoms with Crippen molar-refractivity contribution in [2.24, 2.45) is 0 Å². The molecule has 55 heavy (non-hydrogen) atoms. The molecule has 2 aliphatic heterocycles. The molecular weight excluding hydrogens is 665 g/mol. The predicted molar refractivity (Wildman–Crippen MR) is 238 cm³/mol. The van der Waals surface area contributed by atoms with Crippen molar-refractivity contribution in [3.8, 4) is 11.1 Å². The summed E-state index contributed by atoms with van der Waals surface area (Å²) in [4.78, 5) is 4.84. The van der Waals surface area contributed by atoms with E-state index in [0.29, 0.717) is 12.1 Å². The Hall–Kier alpha value is -6.12. The molecule has 0 saturated heterocycles. The van der Waals surface area contributed by atoms with Crippen LogP contribution in [-0.2, 0) is 5.41 Å². The highest BCUT2D eigenvalue weighted by atomic mass is 15.2. The van der Waals surface area contributed by atoms with E-state index in [1.54, 1.807) is 0 Å². The average Bonchev–Trinajstić information content (AvgIpc) is 3.51. The Labute approximate surface area is 327 Å². The normalized spacial score (nSPS) is 17.7. The number of hydrogen-bond donors (Lipinski definition) is 0. The second kappa shape index (κ2) is 14.3. The maximum absolute atomic E-state index is 2.44. The van der Waals surface area contributed by atoms with E-state index in [1.807, 2.05) is 0 Å². The molecule has 1 aliphatic carbocycles. The number of fused-ring (bicyclic) bond motifs is 5. The van der Waals surface area contributed by atoms with Crippen molar-refractivity contribution in [1.29, 1.82) is 0 Å². The van der Waals surface area contributed by atoms with Crippen molar-refractivity contribution in [2.75, 3.05) is 9.80 Å². The third-order valence-electron chi connectivity index (χ3n) is 12.2. The van der Waals surface area contributed by atoms with Gasteiger partial charge in [-0.2, -0.15) is 0 Å². The van der Waals surface area contributed by atoms with Crippen LogP contribution >= 0.6 is 0 Å². The summed E-state index contributed by atoms with van der Waals surface area (Å²) >= 11 is 0. The van der Waals surface area contributed by atoms with Gasteiger partial charge >= 0.3 is 0 Å². The smallest absolute Gasteiger partial charge is 0.0497 e. The van der Waals surface area contributed by atoms with E-state index in [2.05, 4.69) is 220 Å². The zero-order chi connectivity index (χ0) is 37.5. The highest BCUT2D eigenvalue weighted by Crippen LogP contribution is 2.53. The standard InChI is InChI=1S/C53H48N2/c1-5-53(6-2)49-35-41(19-17-39-21-29-45(30-22-39)54-37(3)15-27-43-11-7-9-13-51(43)54)25-33-47(49)48-34-26-42(36-50(48)53)20-18-40-23-31-46(32-24-40)55-38(4)16-28-44-12-8-10-14-52(44)55/h7-38H,5-6H2,1-4H3/b19-17+,20-18+. The fourth-order valence-corrected chi connectivity index (χ4v) is 9.17. The fraction of sp³-hybridized carbons (Fsp3) is 0.170. The minimum Gasteiger partial charge on any atom is -0.334 e. The monoisotopic (exact) mass is 712 g/mol. The summed E-state index contributed by atoms with van der Waals surface area (Å²) in [6.07, 6.45) is 20.2. The molecule has 0 bridgehead atoms. The minimum atomic E-state index is -0.00654. The zero-order valence-corrected chi connectivity index (χ0v) is 32.3. The molecule has 0 N–H and O–H groups in total. The van der Waals surface area contributed by atoms with Gasteiger partial charge < -0.3 is 9.80 Å². The van der Waals surface area contributed by atoms with E-state index in [0.717, 1.165) is 12.8 Å². The SMILES string of the molecule is CCC1(CC)c2cc(/C=C/c3ccc(N4c5ccccc5C=CC4C)cc3)ccc2-c2ccc(/C=C/c3ccc(N4c5ccccc5C=CC4C)cc3)cc21. The largest absolute Gasteiger partial charge is 0.334 e. The van der Waals surface area contributed by atoms with E-state index in [9.17, 15) is 0 Å². The van der Waals surface area contributed by atoms with Crippen LogP contribution in [0, 0.1) is 0 Å².